The van der Waals surface area contributed by atoms with E-state index in [0.29, 0.717) is 41.6 Å². The number of aromatic nitrogens is 4. The van der Waals surface area contributed by atoms with Gasteiger partial charge in [-0.05, 0) is 49.2 Å². The van der Waals surface area contributed by atoms with Gasteiger partial charge in [0.05, 0.1) is 23.2 Å². The number of Topliss-reactive ketones (excluding diaryl/α,β-unsaturated/α-hetero) is 1. The van der Waals surface area contributed by atoms with Crippen molar-refractivity contribution in [3.63, 3.8) is 0 Å². The van der Waals surface area contributed by atoms with Crippen LogP contribution in [0.2, 0.25) is 0 Å². The monoisotopic (exact) mass is 619 g/mol. The summed E-state index contributed by atoms with van der Waals surface area (Å²) in [5.74, 6) is -2.14. The number of piperidine rings is 1. The van der Waals surface area contributed by atoms with E-state index >= 15 is 0 Å². The minimum Gasteiger partial charge on any atom is -0.598 e. The van der Waals surface area contributed by atoms with Crippen molar-refractivity contribution in [1.29, 1.82) is 5.26 Å². The number of aryl methyl sites for hydroxylation is 1. The van der Waals surface area contributed by atoms with E-state index in [2.05, 4.69) is 16.0 Å². The molecule has 0 saturated carbocycles. The molecule has 1 fully saturated rings. The summed E-state index contributed by atoms with van der Waals surface area (Å²) in [6, 6.07) is 10.4. The Balaban J connectivity index is 1.59. The Kier molecular flexibility index (Phi) is 8.51. The van der Waals surface area contributed by atoms with Gasteiger partial charge in [0.25, 0.3) is 5.78 Å². The van der Waals surface area contributed by atoms with Crippen LogP contribution in [-0.2, 0) is 17.8 Å². The second kappa shape index (κ2) is 12.0. The molecular formula is C27H25F4N7O2S2. The molecule has 3 aromatic heterocycles. The van der Waals surface area contributed by atoms with Gasteiger partial charge in [-0.25, -0.2) is 14.4 Å². The zero-order valence-corrected chi connectivity index (χ0v) is 24.2. The minimum atomic E-state index is -5.14. The van der Waals surface area contributed by atoms with Gasteiger partial charge in [-0.15, -0.1) is 4.31 Å². The van der Waals surface area contributed by atoms with Crippen LogP contribution in [0.1, 0.15) is 46.2 Å². The first-order chi connectivity index (χ1) is 20.0. The van der Waals surface area contributed by atoms with Crippen molar-refractivity contribution in [2.45, 2.75) is 37.8 Å². The number of nitrogens with zero attached hydrogens (tertiary/aromatic N) is 7. The summed E-state index contributed by atoms with van der Waals surface area (Å²) in [5.41, 5.74) is 1.68. The molecule has 5 rings (SSSR count). The highest BCUT2D eigenvalue weighted by atomic mass is 32.2. The van der Waals surface area contributed by atoms with Crippen LogP contribution in [0, 0.1) is 17.1 Å². The van der Waals surface area contributed by atoms with E-state index in [1.54, 1.807) is 23.9 Å². The maximum Gasteiger partial charge on any atom is 0.455 e. The maximum atomic E-state index is 13.6. The molecule has 1 saturated heterocycles. The molecule has 0 N–H and O–H groups in total. The van der Waals surface area contributed by atoms with Crippen molar-refractivity contribution in [3.8, 4) is 17.3 Å². The fourth-order valence-electron chi connectivity index (χ4n) is 4.91. The highest BCUT2D eigenvalue weighted by Gasteiger charge is 2.43. The second-order valence-corrected chi connectivity index (χ2v) is 12.1. The molecule has 1 atom stereocenters. The molecule has 1 unspecified atom stereocenters. The molecule has 0 radical (unpaired) electrons. The average Bonchev–Trinajstić information content (AvgIpc) is 3.57. The molecule has 0 bridgehead atoms. The third-order valence-electron chi connectivity index (χ3n) is 7.06. The van der Waals surface area contributed by atoms with Gasteiger partial charge in [0.1, 0.15) is 17.0 Å². The predicted molar refractivity (Wildman–Crippen MR) is 150 cm³/mol. The van der Waals surface area contributed by atoms with E-state index in [0.717, 1.165) is 30.7 Å². The van der Waals surface area contributed by atoms with Crippen LogP contribution in [0.5, 0.6) is 0 Å². The molecule has 0 spiro atoms. The second-order valence-electron chi connectivity index (χ2n) is 9.76. The number of benzene rings is 1. The first kappa shape index (κ1) is 29.9. The fraction of sp³-hybridized carbons (Fsp3) is 0.370. The van der Waals surface area contributed by atoms with E-state index in [1.807, 2.05) is 10.4 Å². The number of hydrogen-bond donors (Lipinski definition) is 0. The summed E-state index contributed by atoms with van der Waals surface area (Å²) < 4.78 is 69.6. The standard InChI is InChI=1S/C27H25F4N7O2S2/c1-36(26-34-22(17-5-7-18(28)8-6-17)23(41-26)24(39)27(29,30)31)25-20(4-3-13-32)33-21-10-9-19(35-38(21)25)16-11-14-37(15-12-16)42(2)40/h5-10,16H,3-4,11-12,14-15H2,1-2H3. The molecule has 42 heavy (non-hydrogen) atoms. The van der Waals surface area contributed by atoms with Gasteiger partial charge in [0.15, 0.2) is 16.6 Å². The predicted octanol–water partition coefficient (Wildman–Crippen LogP) is 5.43. The minimum absolute atomic E-state index is 0.0628. The Morgan fingerprint density at radius 1 is 1.19 bits per heavy atom. The molecule has 1 aliphatic rings. The quantitative estimate of drug-likeness (QED) is 0.146. The van der Waals surface area contributed by atoms with Crippen LogP contribution < -0.4 is 4.90 Å². The number of ketones is 1. The van der Waals surface area contributed by atoms with Crippen LogP contribution in [-0.4, -0.2) is 66.8 Å². The fourth-order valence-corrected chi connectivity index (χ4v) is 6.65. The summed E-state index contributed by atoms with van der Waals surface area (Å²) in [6.07, 6.45) is -1.62. The number of fused-ring (bicyclic) bond motifs is 1. The molecule has 15 heteroatoms. The highest BCUT2D eigenvalue weighted by molar-refractivity contribution is 7.88. The van der Waals surface area contributed by atoms with Crippen molar-refractivity contribution in [1.82, 2.24) is 23.9 Å². The molecular weight excluding hydrogens is 594 g/mol. The summed E-state index contributed by atoms with van der Waals surface area (Å²) in [7, 11) is 1.58. The lowest BCUT2D eigenvalue weighted by molar-refractivity contribution is -0.0882. The van der Waals surface area contributed by atoms with Crippen molar-refractivity contribution in [3.05, 3.63) is 58.5 Å². The van der Waals surface area contributed by atoms with Crippen molar-refractivity contribution >= 4 is 45.1 Å². The Labute approximate surface area is 245 Å². The van der Waals surface area contributed by atoms with E-state index in [-0.39, 0.29) is 35.1 Å². The van der Waals surface area contributed by atoms with Crippen LogP contribution in [0.25, 0.3) is 16.9 Å². The van der Waals surface area contributed by atoms with Crippen LogP contribution in [0.15, 0.2) is 36.4 Å². The SMILES string of the molecule is CN(c1nc(-c2ccc(F)cc2)c(C(=O)C(F)(F)F)s1)c1c(CCC#N)nc2ccc(C3CCN([S+](C)[O-])CC3)nn12. The molecule has 0 amide bonds. The number of thiazole rings is 1. The van der Waals surface area contributed by atoms with Crippen molar-refractivity contribution in [2.24, 2.45) is 0 Å². The number of halogens is 4. The number of carbonyl (C=O) groups is 1. The molecule has 1 aromatic carbocycles. The first-order valence-electron chi connectivity index (χ1n) is 12.9. The summed E-state index contributed by atoms with van der Waals surface area (Å²) in [6.45, 7) is 1.30. The maximum absolute atomic E-state index is 13.6. The molecule has 4 aromatic rings. The number of hydrogen-bond acceptors (Lipinski definition) is 9. The number of anilines is 2. The lowest BCUT2D eigenvalue weighted by Crippen LogP contribution is -2.37. The Hall–Kier alpha value is -3.58. The van der Waals surface area contributed by atoms with Crippen LogP contribution >= 0.6 is 11.3 Å². The lowest BCUT2D eigenvalue weighted by atomic mass is 9.94. The third kappa shape index (κ3) is 5.98. The van der Waals surface area contributed by atoms with E-state index in [4.69, 9.17) is 5.10 Å². The van der Waals surface area contributed by atoms with Gasteiger partial charge in [-0.1, -0.05) is 11.3 Å². The third-order valence-corrected chi connectivity index (χ3v) is 9.28. The van der Waals surface area contributed by atoms with E-state index < -0.39 is 34.0 Å². The van der Waals surface area contributed by atoms with E-state index in [9.17, 15) is 32.2 Å². The first-order valence-corrected chi connectivity index (χ1v) is 15.3. The number of rotatable bonds is 8. The van der Waals surface area contributed by atoms with Gasteiger partial charge in [0, 0.05) is 55.8 Å². The zero-order chi connectivity index (χ0) is 30.2. The van der Waals surface area contributed by atoms with Gasteiger partial charge in [-0.2, -0.15) is 28.0 Å². The molecule has 4 heterocycles. The largest absolute Gasteiger partial charge is 0.598 e. The molecule has 1 aliphatic heterocycles. The Bertz CT molecular complexity index is 1640. The van der Waals surface area contributed by atoms with Gasteiger partial charge >= 0.3 is 6.18 Å². The number of alkyl halides is 3. The number of carbonyl (C=O) groups excluding carboxylic acids is 1. The smallest absolute Gasteiger partial charge is 0.455 e. The average molecular weight is 620 g/mol. The van der Waals surface area contributed by atoms with E-state index in [1.165, 1.54) is 17.0 Å². The number of imidazole rings is 1. The van der Waals surface area contributed by atoms with Crippen molar-refractivity contribution in [2.75, 3.05) is 31.3 Å². The summed E-state index contributed by atoms with van der Waals surface area (Å²) >= 11 is -0.496. The number of nitriles is 1. The molecule has 220 valence electrons. The topological polar surface area (TPSA) is 113 Å². The highest BCUT2D eigenvalue weighted by Crippen LogP contribution is 2.40. The molecule has 9 nitrogen and oxygen atoms in total. The Morgan fingerprint density at radius 3 is 2.50 bits per heavy atom. The molecule has 0 aliphatic carbocycles. The normalized spacial score (nSPS) is 15.6. The lowest BCUT2D eigenvalue weighted by Gasteiger charge is -2.30. The summed E-state index contributed by atoms with van der Waals surface area (Å²) in [5, 5.41) is 14.1. The Morgan fingerprint density at radius 2 is 1.88 bits per heavy atom. The van der Waals surface area contributed by atoms with Gasteiger partial charge < -0.3 is 9.45 Å². The van der Waals surface area contributed by atoms with Gasteiger partial charge in [-0.3, -0.25) is 4.79 Å². The van der Waals surface area contributed by atoms with Gasteiger partial charge in [0.2, 0.25) is 0 Å². The van der Waals surface area contributed by atoms with Crippen LogP contribution in [0.3, 0.4) is 0 Å². The summed E-state index contributed by atoms with van der Waals surface area (Å²) in [4.78, 5) is 22.3. The van der Waals surface area contributed by atoms with Crippen molar-refractivity contribution < 1.29 is 26.9 Å². The van der Waals surface area contributed by atoms with Crippen LogP contribution in [0.4, 0.5) is 28.5 Å². The zero-order valence-electron chi connectivity index (χ0n) is 22.6.